The quantitative estimate of drug-likeness (QED) is 0.457. The number of carbonyl (C=O) groups excluding carboxylic acids is 1. The molecule has 1 fully saturated rings. The van der Waals surface area contributed by atoms with Gasteiger partial charge in [-0.05, 0) is 56.2 Å². The lowest BCUT2D eigenvalue weighted by Crippen LogP contribution is -2.17. The zero-order valence-corrected chi connectivity index (χ0v) is 17.0. The van der Waals surface area contributed by atoms with Gasteiger partial charge in [0.05, 0.1) is 22.4 Å². The van der Waals surface area contributed by atoms with Crippen molar-refractivity contribution in [3.05, 3.63) is 76.0 Å². The summed E-state index contributed by atoms with van der Waals surface area (Å²) in [7, 11) is 0. The van der Waals surface area contributed by atoms with Crippen LogP contribution in [0.25, 0.3) is 5.69 Å². The van der Waals surface area contributed by atoms with E-state index in [2.05, 4.69) is 10.4 Å². The summed E-state index contributed by atoms with van der Waals surface area (Å²) in [6.07, 6.45) is 2.19. The predicted octanol–water partition coefficient (Wildman–Crippen LogP) is 3.90. The Morgan fingerprint density at radius 2 is 2.00 bits per heavy atom. The van der Waals surface area contributed by atoms with Crippen LogP contribution in [0.2, 0.25) is 0 Å². The molecule has 4 rings (SSSR count). The molecule has 0 aliphatic carbocycles. The van der Waals surface area contributed by atoms with Gasteiger partial charge in [-0.25, -0.2) is 4.68 Å². The molecule has 1 aliphatic rings. The van der Waals surface area contributed by atoms with Crippen LogP contribution < -0.4 is 10.1 Å². The number of hydrogen-bond donors (Lipinski definition) is 1. The van der Waals surface area contributed by atoms with Gasteiger partial charge in [-0.3, -0.25) is 14.9 Å². The van der Waals surface area contributed by atoms with Gasteiger partial charge >= 0.3 is 0 Å². The number of benzene rings is 2. The standard InChI is InChI=1S/C22H22N4O5/c1-15-13-21(25(24-15)17-6-8-18(9-7-17)26(28)29)23-22(27)16-4-10-19(11-5-16)31-14-20-3-2-12-30-20/h4-11,13,20H,2-3,12,14H2,1H3,(H,23,27). The molecule has 0 bridgehead atoms. The molecule has 1 atom stereocenters. The highest BCUT2D eigenvalue weighted by Crippen LogP contribution is 2.21. The van der Waals surface area contributed by atoms with Crippen molar-refractivity contribution in [1.29, 1.82) is 0 Å². The van der Waals surface area contributed by atoms with Crippen LogP contribution in [0, 0.1) is 17.0 Å². The SMILES string of the molecule is Cc1cc(NC(=O)c2ccc(OCC3CCCO3)cc2)n(-c2ccc([N+](=O)[O-])cc2)n1. The van der Waals surface area contributed by atoms with E-state index in [-0.39, 0.29) is 17.7 Å². The number of anilines is 1. The van der Waals surface area contributed by atoms with Crippen molar-refractivity contribution < 1.29 is 19.2 Å². The smallest absolute Gasteiger partial charge is 0.269 e. The predicted molar refractivity (Wildman–Crippen MR) is 114 cm³/mol. The summed E-state index contributed by atoms with van der Waals surface area (Å²) in [5.74, 6) is 0.850. The van der Waals surface area contributed by atoms with Gasteiger partial charge in [-0.2, -0.15) is 5.10 Å². The fourth-order valence-electron chi connectivity index (χ4n) is 3.36. The monoisotopic (exact) mass is 422 g/mol. The maximum Gasteiger partial charge on any atom is 0.269 e. The first-order valence-corrected chi connectivity index (χ1v) is 9.97. The number of carbonyl (C=O) groups is 1. The average Bonchev–Trinajstić information content (AvgIpc) is 3.42. The minimum Gasteiger partial charge on any atom is -0.491 e. The van der Waals surface area contributed by atoms with Gasteiger partial charge < -0.3 is 14.8 Å². The summed E-state index contributed by atoms with van der Waals surface area (Å²) in [4.78, 5) is 23.1. The molecule has 1 aliphatic heterocycles. The molecule has 160 valence electrons. The van der Waals surface area contributed by atoms with Gasteiger partial charge in [-0.1, -0.05) is 0 Å². The number of aromatic nitrogens is 2. The van der Waals surface area contributed by atoms with Gasteiger partial charge in [0.15, 0.2) is 0 Å². The Bertz CT molecular complexity index is 1070. The van der Waals surface area contributed by atoms with Crippen molar-refractivity contribution in [2.24, 2.45) is 0 Å². The Labute approximate surface area is 178 Å². The third-order valence-electron chi connectivity index (χ3n) is 4.95. The molecule has 1 N–H and O–H groups in total. The Balaban J connectivity index is 1.44. The molecular formula is C22H22N4O5. The molecule has 1 unspecified atom stereocenters. The summed E-state index contributed by atoms with van der Waals surface area (Å²) in [6.45, 7) is 3.08. The first-order chi connectivity index (χ1) is 15.0. The Kier molecular flexibility index (Phi) is 5.94. The van der Waals surface area contributed by atoms with E-state index < -0.39 is 4.92 Å². The van der Waals surface area contributed by atoms with E-state index in [1.807, 2.05) is 0 Å². The molecule has 0 saturated carbocycles. The first-order valence-electron chi connectivity index (χ1n) is 9.97. The van der Waals surface area contributed by atoms with Crippen LogP contribution in [0.1, 0.15) is 28.9 Å². The largest absolute Gasteiger partial charge is 0.491 e. The maximum atomic E-state index is 12.7. The average molecular weight is 422 g/mol. The van der Waals surface area contributed by atoms with E-state index in [0.29, 0.717) is 35.1 Å². The minimum absolute atomic E-state index is 0.0139. The summed E-state index contributed by atoms with van der Waals surface area (Å²) in [5.41, 5.74) is 1.76. The first kappa shape index (κ1) is 20.5. The molecular weight excluding hydrogens is 400 g/mol. The van der Waals surface area contributed by atoms with Crippen LogP contribution in [0.15, 0.2) is 54.6 Å². The van der Waals surface area contributed by atoms with Crippen LogP contribution in [-0.2, 0) is 4.74 Å². The van der Waals surface area contributed by atoms with Crippen LogP contribution in [0.5, 0.6) is 5.75 Å². The second kappa shape index (κ2) is 8.97. The third-order valence-corrected chi connectivity index (χ3v) is 4.95. The second-order valence-corrected chi connectivity index (χ2v) is 7.28. The lowest BCUT2D eigenvalue weighted by Gasteiger charge is -2.12. The summed E-state index contributed by atoms with van der Waals surface area (Å²) in [6, 6.07) is 14.6. The maximum absolute atomic E-state index is 12.7. The molecule has 1 aromatic heterocycles. The number of nitro groups is 1. The topological polar surface area (TPSA) is 109 Å². The lowest BCUT2D eigenvalue weighted by atomic mass is 10.2. The normalized spacial score (nSPS) is 15.6. The van der Waals surface area contributed by atoms with Gasteiger partial charge in [0.25, 0.3) is 11.6 Å². The van der Waals surface area contributed by atoms with Crippen LogP contribution in [-0.4, -0.2) is 39.9 Å². The fraction of sp³-hybridized carbons (Fsp3) is 0.273. The molecule has 0 spiro atoms. The summed E-state index contributed by atoms with van der Waals surface area (Å²) < 4.78 is 12.8. The number of hydrogen-bond acceptors (Lipinski definition) is 6. The van der Waals surface area contributed by atoms with Crippen molar-refractivity contribution >= 4 is 17.4 Å². The lowest BCUT2D eigenvalue weighted by molar-refractivity contribution is -0.384. The summed E-state index contributed by atoms with van der Waals surface area (Å²) in [5, 5.41) is 18.1. The van der Waals surface area contributed by atoms with Crippen molar-refractivity contribution in [2.45, 2.75) is 25.9 Å². The van der Waals surface area contributed by atoms with Gasteiger partial charge in [-0.15, -0.1) is 0 Å². The highest BCUT2D eigenvalue weighted by Gasteiger charge is 2.17. The molecule has 1 saturated heterocycles. The van der Waals surface area contributed by atoms with Gasteiger partial charge in [0.1, 0.15) is 18.2 Å². The van der Waals surface area contributed by atoms with Crippen molar-refractivity contribution in [2.75, 3.05) is 18.5 Å². The van der Waals surface area contributed by atoms with E-state index in [9.17, 15) is 14.9 Å². The highest BCUT2D eigenvalue weighted by molar-refractivity contribution is 6.04. The van der Waals surface area contributed by atoms with Crippen LogP contribution in [0.3, 0.4) is 0 Å². The van der Waals surface area contributed by atoms with Gasteiger partial charge in [0, 0.05) is 30.4 Å². The molecule has 1 amide bonds. The van der Waals surface area contributed by atoms with E-state index >= 15 is 0 Å². The number of nitrogens with one attached hydrogen (secondary N) is 1. The molecule has 31 heavy (non-hydrogen) atoms. The number of rotatable bonds is 7. The molecule has 2 heterocycles. The van der Waals surface area contributed by atoms with E-state index in [1.54, 1.807) is 49.4 Å². The number of nitrogens with zero attached hydrogens (tertiary/aromatic N) is 3. The van der Waals surface area contributed by atoms with E-state index in [1.165, 1.54) is 16.8 Å². The zero-order chi connectivity index (χ0) is 21.8. The molecule has 0 radical (unpaired) electrons. The number of aryl methyl sites for hydroxylation is 1. The third kappa shape index (κ3) is 4.89. The highest BCUT2D eigenvalue weighted by atomic mass is 16.6. The molecule has 3 aromatic rings. The van der Waals surface area contributed by atoms with E-state index in [0.717, 1.165) is 19.4 Å². The number of nitro benzene ring substituents is 1. The van der Waals surface area contributed by atoms with Crippen LogP contribution in [0.4, 0.5) is 11.5 Å². The second-order valence-electron chi connectivity index (χ2n) is 7.28. The Morgan fingerprint density at radius 3 is 2.65 bits per heavy atom. The van der Waals surface area contributed by atoms with Crippen LogP contribution >= 0.6 is 0 Å². The molecule has 2 aromatic carbocycles. The van der Waals surface area contributed by atoms with Crippen molar-refractivity contribution in [3.8, 4) is 11.4 Å². The zero-order valence-electron chi connectivity index (χ0n) is 17.0. The molecule has 9 heteroatoms. The number of non-ortho nitro benzene ring substituents is 1. The number of amides is 1. The van der Waals surface area contributed by atoms with E-state index in [4.69, 9.17) is 9.47 Å². The number of ether oxygens (including phenoxy) is 2. The van der Waals surface area contributed by atoms with Gasteiger partial charge in [0.2, 0.25) is 0 Å². The minimum atomic E-state index is -0.463. The fourth-order valence-corrected chi connectivity index (χ4v) is 3.36. The van der Waals surface area contributed by atoms with Crippen molar-refractivity contribution in [3.63, 3.8) is 0 Å². The Morgan fingerprint density at radius 1 is 1.26 bits per heavy atom. The molecule has 9 nitrogen and oxygen atoms in total. The summed E-state index contributed by atoms with van der Waals surface area (Å²) >= 11 is 0. The van der Waals surface area contributed by atoms with Crippen molar-refractivity contribution in [1.82, 2.24) is 9.78 Å². The Hall–Kier alpha value is -3.72.